The van der Waals surface area contributed by atoms with Crippen LogP contribution in [0.15, 0.2) is 4.99 Å². The molecule has 1 rings (SSSR count). The molecule has 0 aromatic heterocycles. The van der Waals surface area contributed by atoms with Gasteiger partial charge in [0.2, 0.25) is 0 Å². The van der Waals surface area contributed by atoms with Crippen LogP contribution in [0.1, 0.15) is 20.3 Å². The molecule has 0 bridgehead atoms. The highest BCUT2D eigenvalue weighted by Crippen LogP contribution is 2.22. The van der Waals surface area contributed by atoms with Gasteiger partial charge in [0.05, 0.1) is 19.8 Å². The van der Waals surface area contributed by atoms with Gasteiger partial charge in [0.25, 0.3) is 0 Å². The number of rotatable bonds is 6. The fourth-order valence-corrected chi connectivity index (χ4v) is 1.67. The van der Waals surface area contributed by atoms with Crippen molar-refractivity contribution in [3.63, 3.8) is 0 Å². The van der Waals surface area contributed by atoms with E-state index in [2.05, 4.69) is 10.3 Å². The molecule has 0 radical (unpaired) electrons. The zero-order valence-corrected chi connectivity index (χ0v) is 13.6. The molecule has 108 valence electrons. The second-order valence-electron chi connectivity index (χ2n) is 4.35. The zero-order valence-electron chi connectivity index (χ0n) is 11.3. The van der Waals surface area contributed by atoms with E-state index >= 15 is 0 Å². The van der Waals surface area contributed by atoms with Crippen LogP contribution >= 0.6 is 24.0 Å². The van der Waals surface area contributed by atoms with E-state index in [4.69, 9.17) is 19.9 Å². The minimum Gasteiger partial charge on any atom is -0.383 e. The largest absolute Gasteiger partial charge is 0.383 e. The number of nitrogens with zero attached hydrogens (tertiary/aromatic N) is 1. The summed E-state index contributed by atoms with van der Waals surface area (Å²) in [6, 6.07) is 0.151. The molecule has 3 N–H and O–H groups in total. The third kappa shape index (κ3) is 6.72. The molecule has 0 aliphatic carbocycles. The normalized spacial score (nSPS) is 20.3. The quantitative estimate of drug-likeness (QED) is 0.407. The summed E-state index contributed by atoms with van der Waals surface area (Å²) in [6.45, 7) is 6.38. The first-order valence-corrected chi connectivity index (χ1v) is 5.89. The van der Waals surface area contributed by atoms with Gasteiger partial charge in [0.1, 0.15) is 0 Å². The summed E-state index contributed by atoms with van der Waals surface area (Å²) < 4.78 is 15.9. The lowest BCUT2D eigenvalue weighted by Gasteiger charge is -2.21. The summed E-state index contributed by atoms with van der Waals surface area (Å²) >= 11 is 0. The van der Waals surface area contributed by atoms with Gasteiger partial charge in [-0.25, -0.2) is 0 Å². The molecule has 1 aliphatic rings. The van der Waals surface area contributed by atoms with Crippen LogP contribution in [0.4, 0.5) is 0 Å². The molecule has 0 spiro atoms. The molecular formula is C11H24IN3O3. The van der Waals surface area contributed by atoms with E-state index in [1.807, 2.05) is 13.8 Å². The van der Waals surface area contributed by atoms with Gasteiger partial charge in [0.15, 0.2) is 11.7 Å². The van der Waals surface area contributed by atoms with Gasteiger partial charge in [0, 0.05) is 26.1 Å². The molecule has 1 fully saturated rings. The van der Waals surface area contributed by atoms with Crippen LogP contribution in [-0.4, -0.2) is 51.3 Å². The minimum absolute atomic E-state index is 0. The first-order chi connectivity index (χ1) is 8.06. The number of hydrogen-bond acceptors (Lipinski definition) is 4. The molecule has 18 heavy (non-hydrogen) atoms. The highest BCUT2D eigenvalue weighted by molar-refractivity contribution is 14.0. The molecule has 0 saturated carbocycles. The Balaban J connectivity index is 0.00000289. The fourth-order valence-electron chi connectivity index (χ4n) is 1.67. The van der Waals surface area contributed by atoms with Crippen molar-refractivity contribution in [2.24, 2.45) is 10.7 Å². The maximum absolute atomic E-state index is 5.73. The van der Waals surface area contributed by atoms with Crippen LogP contribution in [0.2, 0.25) is 0 Å². The number of halogens is 1. The Hall–Kier alpha value is -0.120. The van der Waals surface area contributed by atoms with Crippen molar-refractivity contribution in [3.05, 3.63) is 0 Å². The van der Waals surface area contributed by atoms with E-state index in [0.717, 1.165) is 0 Å². The highest BCUT2D eigenvalue weighted by Gasteiger charge is 2.30. The fraction of sp³-hybridized carbons (Fsp3) is 0.909. The molecule has 1 aliphatic heterocycles. The minimum atomic E-state index is -0.498. The number of nitrogens with two attached hydrogens (primary N) is 1. The van der Waals surface area contributed by atoms with Crippen LogP contribution in [0.3, 0.4) is 0 Å². The smallest absolute Gasteiger partial charge is 0.188 e. The van der Waals surface area contributed by atoms with Crippen LogP contribution in [-0.2, 0) is 14.2 Å². The highest BCUT2D eigenvalue weighted by atomic mass is 127. The Kier molecular flexibility index (Phi) is 8.83. The van der Waals surface area contributed by atoms with Crippen molar-refractivity contribution >= 4 is 29.9 Å². The average molecular weight is 373 g/mol. The molecule has 6 nitrogen and oxygen atoms in total. The first-order valence-electron chi connectivity index (χ1n) is 5.89. The summed E-state index contributed by atoms with van der Waals surface area (Å²) in [5.74, 6) is -0.0711. The first kappa shape index (κ1) is 17.9. The molecule has 7 heteroatoms. The number of aliphatic imine (C=N–C) groups is 1. The van der Waals surface area contributed by atoms with Gasteiger partial charge in [-0.2, -0.15) is 0 Å². The Morgan fingerprint density at radius 2 is 2.11 bits per heavy atom. The summed E-state index contributed by atoms with van der Waals surface area (Å²) in [5.41, 5.74) is 5.73. The molecule has 1 atom stereocenters. The van der Waals surface area contributed by atoms with E-state index < -0.39 is 5.79 Å². The zero-order chi connectivity index (χ0) is 12.7. The van der Waals surface area contributed by atoms with E-state index in [1.54, 1.807) is 7.11 Å². The monoisotopic (exact) mass is 373 g/mol. The molecule has 1 heterocycles. The van der Waals surface area contributed by atoms with Crippen LogP contribution in [0, 0.1) is 0 Å². The van der Waals surface area contributed by atoms with Gasteiger partial charge in [-0.15, -0.1) is 24.0 Å². The average Bonchev–Trinajstić information content (AvgIpc) is 2.65. The maximum Gasteiger partial charge on any atom is 0.188 e. The Labute approximate surface area is 126 Å². The SMILES string of the molecule is COCC(C)NC(N)=NCCC1(C)OCCO1.I. The third-order valence-corrected chi connectivity index (χ3v) is 2.56. The number of nitrogens with one attached hydrogen (secondary N) is 1. The Bertz CT molecular complexity index is 258. The van der Waals surface area contributed by atoms with Crippen molar-refractivity contribution < 1.29 is 14.2 Å². The van der Waals surface area contributed by atoms with Crippen LogP contribution in [0.25, 0.3) is 0 Å². The van der Waals surface area contributed by atoms with Crippen molar-refractivity contribution in [2.75, 3.05) is 33.5 Å². The lowest BCUT2D eigenvalue weighted by molar-refractivity contribution is -0.144. The number of methoxy groups -OCH3 is 1. The molecule has 0 aromatic carbocycles. The van der Waals surface area contributed by atoms with Crippen molar-refractivity contribution in [1.82, 2.24) is 5.32 Å². The summed E-state index contributed by atoms with van der Waals surface area (Å²) in [6.07, 6.45) is 0.702. The summed E-state index contributed by atoms with van der Waals surface area (Å²) in [4.78, 5) is 4.22. The standard InChI is InChI=1S/C11H23N3O3.HI/c1-9(8-15-3)14-10(12)13-5-4-11(2)16-6-7-17-11;/h9H,4-8H2,1-3H3,(H3,12,13,14);1H. The Morgan fingerprint density at radius 1 is 1.50 bits per heavy atom. The lowest BCUT2D eigenvalue weighted by Crippen LogP contribution is -2.41. The topological polar surface area (TPSA) is 78.1 Å². The lowest BCUT2D eigenvalue weighted by atomic mass is 10.2. The van der Waals surface area contributed by atoms with E-state index in [9.17, 15) is 0 Å². The molecule has 0 aromatic rings. The summed E-state index contributed by atoms with van der Waals surface area (Å²) in [7, 11) is 1.65. The second-order valence-corrected chi connectivity index (χ2v) is 4.35. The predicted molar refractivity (Wildman–Crippen MR) is 81.3 cm³/mol. The van der Waals surface area contributed by atoms with Crippen LogP contribution < -0.4 is 11.1 Å². The van der Waals surface area contributed by atoms with Crippen molar-refractivity contribution in [1.29, 1.82) is 0 Å². The van der Waals surface area contributed by atoms with E-state index in [-0.39, 0.29) is 30.0 Å². The van der Waals surface area contributed by atoms with Gasteiger partial charge < -0.3 is 25.3 Å². The van der Waals surface area contributed by atoms with Gasteiger partial charge in [-0.1, -0.05) is 0 Å². The van der Waals surface area contributed by atoms with Crippen LogP contribution in [0.5, 0.6) is 0 Å². The Morgan fingerprint density at radius 3 is 2.67 bits per heavy atom. The van der Waals surface area contributed by atoms with E-state index in [1.165, 1.54) is 0 Å². The van der Waals surface area contributed by atoms with E-state index in [0.29, 0.717) is 38.7 Å². The number of hydrogen-bond donors (Lipinski definition) is 2. The van der Waals surface area contributed by atoms with Gasteiger partial charge in [-0.05, 0) is 13.8 Å². The summed E-state index contributed by atoms with van der Waals surface area (Å²) in [5, 5.41) is 3.04. The van der Waals surface area contributed by atoms with Gasteiger partial charge in [-0.3, -0.25) is 4.99 Å². The number of guanidine groups is 1. The molecule has 0 amide bonds. The molecule has 1 unspecified atom stereocenters. The molecular weight excluding hydrogens is 349 g/mol. The maximum atomic E-state index is 5.73. The van der Waals surface area contributed by atoms with Crippen molar-refractivity contribution in [2.45, 2.75) is 32.1 Å². The van der Waals surface area contributed by atoms with Crippen molar-refractivity contribution in [3.8, 4) is 0 Å². The predicted octanol–water partition coefficient (Wildman–Crippen LogP) is 0.697. The number of ether oxygens (including phenoxy) is 3. The van der Waals surface area contributed by atoms with Gasteiger partial charge >= 0.3 is 0 Å². The molecule has 1 saturated heterocycles. The second kappa shape index (κ2) is 8.89. The third-order valence-electron chi connectivity index (χ3n) is 2.56.